The van der Waals surface area contributed by atoms with Crippen molar-refractivity contribution in [1.29, 1.82) is 0 Å². The minimum Gasteiger partial charge on any atom is -0.412 e. The van der Waals surface area contributed by atoms with E-state index in [-0.39, 0.29) is 0 Å². The Morgan fingerprint density at radius 2 is 2.07 bits per heavy atom. The summed E-state index contributed by atoms with van der Waals surface area (Å²) in [5, 5.41) is 5.18. The predicted molar refractivity (Wildman–Crippen MR) is 122 cm³/mol. The van der Waals surface area contributed by atoms with Gasteiger partial charge in [0.15, 0.2) is 5.82 Å². The van der Waals surface area contributed by atoms with Gasteiger partial charge in [-0.05, 0) is 50.3 Å². The number of imidazole rings is 1. The molecule has 0 spiro atoms. The molecule has 2 N–H and O–H groups in total. The topological polar surface area (TPSA) is 132 Å². The molecule has 9 nitrogen and oxygen atoms in total. The molecule has 2 heterocycles. The highest BCUT2D eigenvalue weighted by Crippen LogP contribution is 2.36. The number of nitrogens with zero attached hydrogens (tertiary/aromatic N) is 6. The zero-order chi connectivity index (χ0) is 21.7. The number of hydrogen-bond acceptors (Lipinski definition) is 6. The Balaban J connectivity index is 2.07. The highest BCUT2D eigenvalue weighted by Gasteiger charge is 2.20. The van der Waals surface area contributed by atoms with Crippen LogP contribution < -0.4 is 15.9 Å². The largest absolute Gasteiger partial charge is 0.412 e. The first-order valence-corrected chi connectivity index (χ1v) is 12.8. The summed E-state index contributed by atoms with van der Waals surface area (Å²) in [7, 11) is -2.42. The third-order valence-electron chi connectivity index (χ3n) is 4.93. The van der Waals surface area contributed by atoms with Crippen LogP contribution >= 0.6 is 7.14 Å². The zero-order valence-corrected chi connectivity index (χ0v) is 18.6. The van der Waals surface area contributed by atoms with E-state index in [1.54, 1.807) is 18.1 Å². The van der Waals surface area contributed by atoms with E-state index >= 15 is 0 Å². The van der Waals surface area contributed by atoms with E-state index in [0.29, 0.717) is 30.0 Å². The average Bonchev–Trinajstić information content (AvgIpc) is 3.07. The van der Waals surface area contributed by atoms with Gasteiger partial charge >= 0.3 is 0 Å². The number of fused-ring (bicyclic) bond motifs is 3. The van der Waals surface area contributed by atoms with Crippen molar-refractivity contribution in [2.75, 3.05) is 32.2 Å². The second-order valence-electron chi connectivity index (χ2n) is 7.67. The molecule has 0 saturated carbocycles. The first kappa shape index (κ1) is 21.9. The normalized spacial score (nSPS) is 11.7. The Kier molecular flexibility index (Phi) is 6.85. The van der Waals surface area contributed by atoms with Crippen LogP contribution in [0.4, 0.5) is 5.82 Å². The summed E-state index contributed by atoms with van der Waals surface area (Å²) in [6.07, 6.45) is 4.28. The standard InChI is InChI=1S/C20H28N7O2P/c1-4-5-8-17-25-18-19(27(17)29-12-7-6-11-23-26-22)15-10-9-14(30(2,3)28)13-16(15)24-20(18)21/h9-10,13H,4-8,11-12H2,1-3H3,(H2,21,24). The molecule has 3 rings (SSSR count). The van der Waals surface area contributed by atoms with Crippen molar-refractivity contribution in [3.63, 3.8) is 0 Å². The van der Waals surface area contributed by atoms with Crippen LogP contribution in [0.5, 0.6) is 0 Å². The average molecular weight is 429 g/mol. The van der Waals surface area contributed by atoms with Crippen molar-refractivity contribution in [3.8, 4) is 0 Å². The van der Waals surface area contributed by atoms with Gasteiger partial charge in [0.25, 0.3) is 0 Å². The van der Waals surface area contributed by atoms with Gasteiger partial charge in [0.1, 0.15) is 30.6 Å². The maximum Gasteiger partial charge on any atom is 0.152 e. The molecule has 10 heteroatoms. The van der Waals surface area contributed by atoms with E-state index < -0.39 is 7.14 Å². The van der Waals surface area contributed by atoms with Crippen molar-refractivity contribution >= 4 is 40.2 Å². The van der Waals surface area contributed by atoms with Gasteiger partial charge in [-0.2, -0.15) is 4.73 Å². The zero-order valence-electron chi connectivity index (χ0n) is 17.7. The molecule has 160 valence electrons. The molecule has 0 aliphatic carbocycles. The lowest BCUT2D eigenvalue weighted by molar-refractivity contribution is 0.109. The number of rotatable bonds is 10. The molecule has 3 aromatic rings. The maximum absolute atomic E-state index is 12.5. The molecule has 0 unspecified atom stereocenters. The molecule has 0 saturated heterocycles. The maximum atomic E-state index is 12.5. The first-order valence-electron chi connectivity index (χ1n) is 10.2. The summed E-state index contributed by atoms with van der Waals surface area (Å²) in [5.74, 6) is 1.14. The number of anilines is 1. The summed E-state index contributed by atoms with van der Waals surface area (Å²) >= 11 is 0. The van der Waals surface area contributed by atoms with Gasteiger partial charge in [-0.15, -0.1) is 0 Å². The minimum atomic E-state index is -2.42. The monoisotopic (exact) mass is 429 g/mol. The van der Waals surface area contributed by atoms with Crippen molar-refractivity contribution in [2.45, 2.75) is 39.0 Å². The Labute approximate surface area is 175 Å². The molecule has 1 aromatic carbocycles. The molecule has 0 atom stereocenters. The van der Waals surface area contributed by atoms with Gasteiger partial charge < -0.3 is 15.1 Å². The number of pyridine rings is 1. The third-order valence-corrected chi connectivity index (χ3v) is 6.46. The Bertz CT molecular complexity index is 1150. The summed E-state index contributed by atoms with van der Waals surface area (Å²) < 4.78 is 14.3. The lowest BCUT2D eigenvalue weighted by Crippen LogP contribution is -2.16. The number of nitrogens with two attached hydrogens (primary N) is 1. The Morgan fingerprint density at radius 3 is 2.77 bits per heavy atom. The lowest BCUT2D eigenvalue weighted by Gasteiger charge is -2.13. The number of aromatic nitrogens is 3. The van der Waals surface area contributed by atoms with E-state index in [9.17, 15) is 4.57 Å². The Morgan fingerprint density at radius 1 is 1.27 bits per heavy atom. The number of nitrogen functional groups attached to an aromatic ring is 1. The van der Waals surface area contributed by atoms with Crippen LogP contribution in [0.2, 0.25) is 0 Å². The van der Waals surface area contributed by atoms with E-state index in [2.05, 4.69) is 21.9 Å². The summed E-state index contributed by atoms with van der Waals surface area (Å²) in [5.41, 5.74) is 16.7. The van der Waals surface area contributed by atoms with Crippen LogP contribution in [0.25, 0.3) is 32.4 Å². The van der Waals surface area contributed by atoms with Crippen LogP contribution in [0.1, 0.15) is 38.4 Å². The number of benzene rings is 1. The van der Waals surface area contributed by atoms with Crippen molar-refractivity contribution in [2.24, 2.45) is 5.11 Å². The molecular formula is C20H28N7O2P. The molecule has 0 aliphatic rings. The fraction of sp³-hybridized carbons (Fsp3) is 0.500. The SMILES string of the molecule is CCCCc1nc2c(N)nc3cc(P(C)(C)=O)ccc3c2n1OCCCCN=[N+]=[N-]. The summed E-state index contributed by atoms with van der Waals surface area (Å²) in [4.78, 5) is 18.1. The fourth-order valence-corrected chi connectivity index (χ4v) is 4.18. The number of unbranched alkanes of at least 4 members (excludes halogenated alkanes) is 2. The van der Waals surface area contributed by atoms with Crippen LogP contribution in [0.3, 0.4) is 0 Å². The van der Waals surface area contributed by atoms with Gasteiger partial charge in [-0.1, -0.05) is 24.5 Å². The van der Waals surface area contributed by atoms with E-state index in [0.717, 1.165) is 54.1 Å². The fourth-order valence-electron chi connectivity index (χ4n) is 3.32. The number of hydrogen-bond donors (Lipinski definition) is 1. The molecule has 0 bridgehead atoms. The van der Waals surface area contributed by atoms with E-state index in [1.807, 2.05) is 18.2 Å². The van der Waals surface area contributed by atoms with Gasteiger partial charge in [0, 0.05) is 28.6 Å². The molecule has 0 radical (unpaired) electrons. The molecule has 0 fully saturated rings. The van der Waals surface area contributed by atoms with Crippen LogP contribution in [-0.2, 0) is 11.0 Å². The third kappa shape index (κ3) is 4.69. The Hall–Kier alpha value is -2.76. The van der Waals surface area contributed by atoms with Gasteiger partial charge in [0.05, 0.1) is 5.52 Å². The quantitative estimate of drug-likeness (QED) is 0.169. The van der Waals surface area contributed by atoms with Crippen molar-refractivity contribution in [1.82, 2.24) is 14.7 Å². The number of aryl methyl sites for hydroxylation is 1. The van der Waals surface area contributed by atoms with Crippen molar-refractivity contribution in [3.05, 3.63) is 34.5 Å². The van der Waals surface area contributed by atoms with Gasteiger partial charge in [-0.3, -0.25) is 0 Å². The predicted octanol–water partition coefficient (Wildman–Crippen LogP) is 4.28. The summed E-state index contributed by atoms with van der Waals surface area (Å²) in [6, 6.07) is 5.64. The molecule has 30 heavy (non-hydrogen) atoms. The molecular weight excluding hydrogens is 401 g/mol. The van der Waals surface area contributed by atoms with Crippen molar-refractivity contribution < 1.29 is 9.40 Å². The first-order chi connectivity index (χ1) is 14.4. The number of azide groups is 1. The molecule has 2 aromatic heterocycles. The lowest BCUT2D eigenvalue weighted by atomic mass is 10.2. The van der Waals surface area contributed by atoms with Crippen LogP contribution in [0, 0.1) is 0 Å². The van der Waals surface area contributed by atoms with Crippen LogP contribution in [0.15, 0.2) is 23.3 Å². The highest BCUT2D eigenvalue weighted by atomic mass is 31.2. The highest BCUT2D eigenvalue weighted by molar-refractivity contribution is 7.70. The second-order valence-corrected chi connectivity index (χ2v) is 10.9. The van der Waals surface area contributed by atoms with Gasteiger partial charge in [-0.25, -0.2) is 9.97 Å². The minimum absolute atomic E-state index is 0.333. The van der Waals surface area contributed by atoms with E-state index in [1.165, 1.54) is 0 Å². The van der Waals surface area contributed by atoms with Crippen LogP contribution in [-0.4, -0.2) is 41.2 Å². The molecule has 0 amide bonds. The van der Waals surface area contributed by atoms with E-state index in [4.69, 9.17) is 21.1 Å². The second kappa shape index (κ2) is 9.37. The smallest absolute Gasteiger partial charge is 0.152 e. The van der Waals surface area contributed by atoms with Gasteiger partial charge in [0.2, 0.25) is 0 Å². The summed E-state index contributed by atoms with van der Waals surface area (Å²) in [6.45, 7) is 6.52. The molecule has 0 aliphatic heterocycles.